The molecule has 0 radical (unpaired) electrons. The Hall–Kier alpha value is -1.90. The van der Waals surface area contributed by atoms with Crippen LogP contribution in [0.15, 0.2) is 40.5 Å². The van der Waals surface area contributed by atoms with Crippen LogP contribution in [-0.4, -0.2) is 17.6 Å². The van der Waals surface area contributed by atoms with Crippen LogP contribution >= 0.6 is 0 Å². The molecule has 2 heterocycles. The van der Waals surface area contributed by atoms with Gasteiger partial charge in [-0.1, -0.05) is 24.3 Å². The van der Waals surface area contributed by atoms with Crippen LogP contribution in [0.25, 0.3) is 6.08 Å². The molecule has 0 saturated heterocycles. The van der Waals surface area contributed by atoms with Crippen LogP contribution in [0.4, 0.5) is 0 Å². The summed E-state index contributed by atoms with van der Waals surface area (Å²) < 4.78 is 0. The first kappa shape index (κ1) is 7.50. The molecular formula is C11H9N3. The van der Waals surface area contributed by atoms with Crippen molar-refractivity contribution in [3.8, 4) is 0 Å². The van der Waals surface area contributed by atoms with Crippen molar-refractivity contribution in [2.24, 2.45) is 9.98 Å². The van der Waals surface area contributed by atoms with E-state index in [4.69, 9.17) is 0 Å². The predicted molar refractivity (Wildman–Crippen MR) is 57.0 cm³/mol. The van der Waals surface area contributed by atoms with Crippen LogP contribution in [0, 0.1) is 0 Å². The summed E-state index contributed by atoms with van der Waals surface area (Å²) in [4.78, 5) is 10.3. The first-order valence-electron chi connectivity index (χ1n) is 4.55. The Kier molecular flexibility index (Phi) is 1.50. The minimum Gasteiger partial charge on any atom is -0.312 e. The minimum absolute atomic E-state index is 0.0775. The van der Waals surface area contributed by atoms with E-state index in [1.807, 2.05) is 23.2 Å². The van der Waals surface area contributed by atoms with Crippen molar-refractivity contribution in [3.05, 3.63) is 41.6 Å². The lowest BCUT2D eigenvalue weighted by Gasteiger charge is -2.29. The van der Waals surface area contributed by atoms with Gasteiger partial charge in [0.15, 0.2) is 6.17 Å². The largest absolute Gasteiger partial charge is 0.312 e. The highest BCUT2D eigenvalue weighted by Crippen LogP contribution is 2.30. The van der Waals surface area contributed by atoms with Gasteiger partial charge in [-0.25, -0.2) is 9.98 Å². The van der Waals surface area contributed by atoms with E-state index in [1.54, 1.807) is 12.7 Å². The number of hydrogen-bond donors (Lipinski definition) is 0. The molecule has 0 N–H and O–H groups in total. The maximum Gasteiger partial charge on any atom is 0.153 e. The van der Waals surface area contributed by atoms with Gasteiger partial charge in [0.2, 0.25) is 0 Å². The summed E-state index contributed by atoms with van der Waals surface area (Å²) in [6.45, 7) is 0. The molecule has 2 aliphatic rings. The molecule has 0 saturated carbocycles. The van der Waals surface area contributed by atoms with Crippen LogP contribution in [0.3, 0.4) is 0 Å². The molecular weight excluding hydrogens is 174 g/mol. The van der Waals surface area contributed by atoms with E-state index in [1.165, 1.54) is 11.1 Å². The standard InChI is InChI=1S/C11H9N3/c1-2-4-10-9(3-1)5-6-14-8-12-7-13-11(10)14/h1-8,11H. The van der Waals surface area contributed by atoms with Crippen LogP contribution in [0.5, 0.6) is 0 Å². The van der Waals surface area contributed by atoms with Crippen molar-refractivity contribution >= 4 is 18.8 Å². The maximum atomic E-state index is 4.34. The van der Waals surface area contributed by atoms with Gasteiger partial charge >= 0.3 is 0 Å². The molecule has 1 aromatic carbocycles. The normalized spacial score (nSPS) is 22.0. The number of fused-ring (bicyclic) bond motifs is 3. The number of hydrogen-bond acceptors (Lipinski definition) is 3. The van der Waals surface area contributed by atoms with E-state index in [0.29, 0.717) is 0 Å². The number of nitrogens with zero attached hydrogens (tertiary/aromatic N) is 3. The Morgan fingerprint density at radius 1 is 1.21 bits per heavy atom. The third-order valence-electron chi connectivity index (χ3n) is 2.46. The fourth-order valence-corrected chi connectivity index (χ4v) is 1.77. The van der Waals surface area contributed by atoms with Gasteiger partial charge in [-0.2, -0.15) is 0 Å². The first-order chi connectivity index (χ1) is 6.95. The molecule has 1 unspecified atom stereocenters. The average molecular weight is 183 g/mol. The fraction of sp³-hybridized carbons (Fsp3) is 0.0909. The summed E-state index contributed by atoms with van der Waals surface area (Å²) in [7, 11) is 0. The van der Waals surface area contributed by atoms with Gasteiger partial charge in [0, 0.05) is 11.8 Å². The van der Waals surface area contributed by atoms with Crippen LogP contribution < -0.4 is 0 Å². The van der Waals surface area contributed by atoms with Gasteiger partial charge in [0.25, 0.3) is 0 Å². The van der Waals surface area contributed by atoms with Crippen molar-refractivity contribution in [1.29, 1.82) is 0 Å². The molecule has 0 bridgehead atoms. The Morgan fingerprint density at radius 3 is 3.14 bits per heavy atom. The summed E-state index contributed by atoms with van der Waals surface area (Å²) in [6, 6.07) is 8.29. The Bertz CT molecular complexity index is 446. The smallest absolute Gasteiger partial charge is 0.153 e. The Labute approximate surface area is 82.1 Å². The van der Waals surface area contributed by atoms with Crippen LogP contribution in [0.2, 0.25) is 0 Å². The SMILES string of the molecule is C1=CN2C=NC=NC2c2ccccc21. The van der Waals surface area contributed by atoms with Crippen LogP contribution in [0.1, 0.15) is 17.3 Å². The second-order valence-corrected chi connectivity index (χ2v) is 3.29. The van der Waals surface area contributed by atoms with Gasteiger partial charge in [-0.15, -0.1) is 0 Å². The highest BCUT2D eigenvalue weighted by molar-refractivity contribution is 5.77. The summed E-state index contributed by atoms with van der Waals surface area (Å²) in [5.41, 5.74) is 2.47. The monoisotopic (exact) mass is 183 g/mol. The first-order valence-corrected chi connectivity index (χ1v) is 4.55. The summed E-state index contributed by atoms with van der Waals surface area (Å²) in [5, 5.41) is 0. The topological polar surface area (TPSA) is 28.0 Å². The average Bonchev–Trinajstić information content (AvgIpc) is 2.29. The lowest BCUT2D eigenvalue weighted by atomic mass is 10.0. The number of aliphatic imine (C=N–C) groups is 2. The molecule has 3 rings (SSSR count). The number of benzene rings is 1. The second kappa shape index (κ2) is 2.80. The van der Waals surface area contributed by atoms with Gasteiger partial charge < -0.3 is 4.90 Å². The zero-order valence-electron chi connectivity index (χ0n) is 7.54. The summed E-state index contributed by atoms with van der Waals surface area (Å²) in [6.07, 6.45) is 7.57. The van der Waals surface area contributed by atoms with Gasteiger partial charge in [-0.05, 0) is 11.6 Å². The lowest BCUT2D eigenvalue weighted by Crippen LogP contribution is -2.26. The Balaban J connectivity index is 2.15. The molecule has 0 amide bonds. The van der Waals surface area contributed by atoms with Crippen molar-refractivity contribution < 1.29 is 0 Å². The lowest BCUT2D eigenvalue weighted by molar-refractivity contribution is 0.430. The second-order valence-electron chi connectivity index (χ2n) is 3.29. The van der Waals surface area contributed by atoms with Crippen LogP contribution in [-0.2, 0) is 0 Å². The molecule has 0 spiro atoms. The highest BCUT2D eigenvalue weighted by atomic mass is 15.3. The van der Waals surface area contributed by atoms with Gasteiger partial charge in [-0.3, -0.25) is 0 Å². The molecule has 2 aliphatic heterocycles. The maximum absolute atomic E-state index is 4.34. The molecule has 1 aromatic rings. The third kappa shape index (κ3) is 0.988. The Morgan fingerprint density at radius 2 is 2.14 bits per heavy atom. The summed E-state index contributed by atoms with van der Waals surface area (Å²) >= 11 is 0. The molecule has 0 aromatic heterocycles. The number of rotatable bonds is 0. The third-order valence-corrected chi connectivity index (χ3v) is 2.46. The molecule has 0 aliphatic carbocycles. The van der Waals surface area contributed by atoms with Crippen molar-refractivity contribution in [2.75, 3.05) is 0 Å². The summed E-state index contributed by atoms with van der Waals surface area (Å²) in [5.74, 6) is 0. The van der Waals surface area contributed by atoms with Crippen molar-refractivity contribution in [3.63, 3.8) is 0 Å². The molecule has 0 fully saturated rings. The van der Waals surface area contributed by atoms with E-state index in [9.17, 15) is 0 Å². The van der Waals surface area contributed by atoms with Crippen molar-refractivity contribution in [1.82, 2.24) is 4.90 Å². The van der Waals surface area contributed by atoms with E-state index in [-0.39, 0.29) is 6.17 Å². The molecule has 3 heteroatoms. The zero-order chi connectivity index (χ0) is 9.38. The zero-order valence-corrected chi connectivity index (χ0v) is 7.54. The van der Waals surface area contributed by atoms with Gasteiger partial charge in [0.05, 0.1) is 6.34 Å². The minimum atomic E-state index is 0.0775. The quantitative estimate of drug-likeness (QED) is 0.605. The van der Waals surface area contributed by atoms with E-state index >= 15 is 0 Å². The predicted octanol–water partition coefficient (Wildman–Crippen LogP) is 2.04. The fourth-order valence-electron chi connectivity index (χ4n) is 1.77. The van der Waals surface area contributed by atoms with Crippen molar-refractivity contribution in [2.45, 2.75) is 6.17 Å². The molecule has 3 nitrogen and oxygen atoms in total. The highest BCUT2D eigenvalue weighted by Gasteiger charge is 2.21. The van der Waals surface area contributed by atoms with E-state index in [0.717, 1.165) is 0 Å². The van der Waals surface area contributed by atoms with E-state index < -0.39 is 0 Å². The molecule has 1 atom stereocenters. The van der Waals surface area contributed by atoms with E-state index in [2.05, 4.69) is 28.2 Å². The van der Waals surface area contributed by atoms with Gasteiger partial charge in [0.1, 0.15) is 6.34 Å². The molecule has 14 heavy (non-hydrogen) atoms. The molecule has 68 valence electrons.